The summed E-state index contributed by atoms with van der Waals surface area (Å²) in [6.07, 6.45) is 3.84. The molecular weight excluding hydrogens is 330 g/mol. The molecule has 1 aliphatic carbocycles. The third-order valence-electron chi connectivity index (χ3n) is 4.49. The maximum absolute atomic E-state index is 12.5. The summed E-state index contributed by atoms with van der Waals surface area (Å²) in [5.41, 5.74) is 0.234. The zero-order chi connectivity index (χ0) is 17.7. The van der Waals surface area contributed by atoms with E-state index in [-0.39, 0.29) is 16.2 Å². The zero-order valence-electron chi connectivity index (χ0n) is 13.7. The van der Waals surface area contributed by atoms with Gasteiger partial charge in [-0.2, -0.15) is 0 Å². The number of nitrogens with one attached hydrogen (secondary N) is 1. The molecule has 1 amide bonds. The monoisotopic (exact) mass is 353 g/mol. The van der Waals surface area contributed by atoms with Gasteiger partial charge < -0.3 is 10.4 Å². The maximum atomic E-state index is 12.5. The van der Waals surface area contributed by atoms with E-state index in [9.17, 15) is 23.1 Å². The summed E-state index contributed by atoms with van der Waals surface area (Å²) >= 11 is 0. The van der Waals surface area contributed by atoms with Crippen molar-refractivity contribution in [3.8, 4) is 0 Å². The lowest BCUT2D eigenvalue weighted by atomic mass is 9.94. The van der Waals surface area contributed by atoms with Crippen molar-refractivity contribution in [3.63, 3.8) is 0 Å². The fraction of sp³-hybridized carbons (Fsp3) is 0.529. The molecule has 24 heavy (non-hydrogen) atoms. The van der Waals surface area contributed by atoms with Gasteiger partial charge >= 0.3 is 5.97 Å². The van der Waals surface area contributed by atoms with E-state index in [0.717, 1.165) is 19.3 Å². The molecule has 0 bridgehead atoms. The number of aliphatic carboxylic acids is 1. The van der Waals surface area contributed by atoms with Gasteiger partial charge in [-0.15, -0.1) is 0 Å². The number of hydrogen-bond donors (Lipinski definition) is 2. The van der Waals surface area contributed by atoms with Gasteiger partial charge in [-0.25, -0.2) is 8.42 Å². The predicted octanol–water partition coefficient (Wildman–Crippen LogP) is 2.24. The van der Waals surface area contributed by atoms with Crippen molar-refractivity contribution in [2.45, 2.75) is 50.0 Å². The standard InChI is InChI=1S/C17H23NO5S/c1-2-24(22,23)13-8-6-7-12(11-13)16(19)18-15-10-5-3-4-9-14(15)17(20)21/h6-8,11,14-15H,2-5,9-10H2,1H3,(H,18,19)(H,20,21)/t14-,15+/m1/s1. The van der Waals surface area contributed by atoms with Gasteiger partial charge in [0.2, 0.25) is 0 Å². The summed E-state index contributed by atoms with van der Waals surface area (Å²) in [4.78, 5) is 24.0. The molecule has 0 saturated heterocycles. The van der Waals surface area contributed by atoms with Gasteiger partial charge in [-0.1, -0.05) is 32.3 Å². The Balaban J connectivity index is 2.19. The van der Waals surface area contributed by atoms with Crippen LogP contribution in [0.5, 0.6) is 0 Å². The maximum Gasteiger partial charge on any atom is 0.308 e. The highest BCUT2D eigenvalue weighted by molar-refractivity contribution is 7.91. The van der Waals surface area contributed by atoms with Gasteiger partial charge in [0.1, 0.15) is 0 Å². The Bertz CT molecular complexity index is 713. The van der Waals surface area contributed by atoms with E-state index < -0.39 is 33.7 Å². The fourth-order valence-corrected chi connectivity index (χ4v) is 3.95. The van der Waals surface area contributed by atoms with E-state index in [2.05, 4.69) is 5.32 Å². The Kier molecular flexibility index (Phi) is 5.99. The van der Waals surface area contributed by atoms with Crippen LogP contribution in [0.15, 0.2) is 29.2 Å². The van der Waals surface area contributed by atoms with Crippen LogP contribution in [0.3, 0.4) is 0 Å². The Hall–Kier alpha value is -1.89. The summed E-state index contributed by atoms with van der Waals surface area (Å²) in [5, 5.41) is 12.2. The molecule has 0 aliphatic heterocycles. The molecule has 7 heteroatoms. The lowest BCUT2D eigenvalue weighted by molar-refractivity contribution is -0.142. The van der Waals surface area contributed by atoms with Crippen molar-refractivity contribution in [2.75, 3.05) is 5.75 Å². The fourth-order valence-electron chi connectivity index (χ4n) is 3.03. The number of sulfone groups is 1. The Labute approximate surface area is 142 Å². The van der Waals surface area contributed by atoms with Crippen LogP contribution in [0.1, 0.15) is 49.4 Å². The summed E-state index contributed by atoms with van der Waals surface area (Å²) in [6, 6.07) is 5.45. The molecular formula is C17H23NO5S. The molecule has 0 radical (unpaired) electrons. The van der Waals surface area contributed by atoms with Crippen LogP contribution < -0.4 is 5.32 Å². The summed E-state index contributed by atoms with van der Waals surface area (Å²) in [6.45, 7) is 1.55. The number of carbonyl (C=O) groups excluding carboxylic acids is 1. The third kappa shape index (κ3) is 4.35. The first-order chi connectivity index (χ1) is 11.3. The third-order valence-corrected chi connectivity index (χ3v) is 6.22. The van der Waals surface area contributed by atoms with Gasteiger partial charge in [0.05, 0.1) is 16.6 Å². The highest BCUT2D eigenvalue weighted by Gasteiger charge is 2.30. The zero-order valence-corrected chi connectivity index (χ0v) is 14.5. The second-order valence-electron chi connectivity index (χ2n) is 6.09. The molecule has 0 unspecified atom stereocenters. The second kappa shape index (κ2) is 7.79. The van der Waals surface area contributed by atoms with E-state index in [1.165, 1.54) is 24.3 Å². The molecule has 1 saturated carbocycles. The SMILES string of the molecule is CCS(=O)(=O)c1cccc(C(=O)N[C@H]2CCCCC[C@H]2C(=O)O)c1. The quantitative estimate of drug-likeness (QED) is 0.791. The minimum atomic E-state index is -3.39. The average Bonchev–Trinajstić information content (AvgIpc) is 2.80. The highest BCUT2D eigenvalue weighted by atomic mass is 32.2. The topological polar surface area (TPSA) is 101 Å². The molecule has 6 nitrogen and oxygen atoms in total. The van der Waals surface area contributed by atoms with E-state index in [1.807, 2.05) is 0 Å². The van der Waals surface area contributed by atoms with Crippen LogP contribution in [-0.4, -0.2) is 37.2 Å². The number of amides is 1. The Morgan fingerprint density at radius 2 is 1.92 bits per heavy atom. The smallest absolute Gasteiger partial charge is 0.308 e. The van der Waals surface area contributed by atoms with Crippen LogP contribution in [0.2, 0.25) is 0 Å². The van der Waals surface area contributed by atoms with Crippen molar-refractivity contribution in [1.29, 1.82) is 0 Å². The molecule has 132 valence electrons. The van der Waals surface area contributed by atoms with Crippen LogP contribution in [-0.2, 0) is 14.6 Å². The minimum Gasteiger partial charge on any atom is -0.481 e. The van der Waals surface area contributed by atoms with Crippen molar-refractivity contribution in [2.24, 2.45) is 5.92 Å². The lowest BCUT2D eigenvalue weighted by Gasteiger charge is -2.23. The summed E-state index contributed by atoms with van der Waals surface area (Å²) < 4.78 is 23.9. The molecule has 0 aromatic heterocycles. The minimum absolute atomic E-state index is 0.0399. The lowest BCUT2D eigenvalue weighted by Crippen LogP contribution is -2.42. The number of hydrogen-bond acceptors (Lipinski definition) is 4. The summed E-state index contributed by atoms with van der Waals surface area (Å²) in [7, 11) is -3.39. The molecule has 1 aliphatic rings. The number of carbonyl (C=O) groups is 2. The van der Waals surface area contributed by atoms with Crippen molar-refractivity contribution in [3.05, 3.63) is 29.8 Å². The van der Waals surface area contributed by atoms with Crippen molar-refractivity contribution < 1.29 is 23.1 Å². The number of rotatable bonds is 5. The molecule has 2 N–H and O–H groups in total. The molecule has 1 aromatic carbocycles. The largest absolute Gasteiger partial charge is 0.481 e. The van der Waals surface area contributed by atoms with E-state index in [4.69, 9.17) is 0 Å². The van der Waals surface area contributed by atoms with Gasteiger partial charge in [-0.05, 0) is 31.0 Å². The van der Waals surface area contributed by atoms with E-state index in [0.29, 0.717) is 12.8 Å². The number of carboxylic acids is 1. The number of benzene rings is 1. The second-order valence-corrected chi connectivity index (χ2v) is 8.37. The normalized spacial score (nSPS) is 21.7. The van der Waals surface area contributed by atoms with E-state index >= 15 is 0 Å². The Morgan fingerprint density at radius 3 is 2.58 bits per heavy atom. The van der Waals surface area contributed by atoms with Crippen molar-refractivity contribution >= 4 is 21.7 Å². The molecule has 2 atom stereocenters. The van der Waals surface area contributed by atoms with Crippen molar-refractivity contribution in [1.82, 2.24) is 5.32 Å². The Morgan fingerprint density at radius 1 is 1.21 bits per heavy atom. The highest BCUT2D eigenvalue weighted by Crippen LogP contribution is 2.24. The van der Waals surface area contributed by atoms with Crippen LogP contribution in [0, 0.1) is 5.92 Å². The first kappa shape index (κ1) is 18.4. The van der Waals surface area contributed by atoms with Gasteiger partial charge in [-0.3, -0.25) is 9.59 Å². The van der Waals surface area contributed by atoms with Gasteiger partial charge in [0.15, 0.2) is 9.84 Å². The molecule has 1 fully saturated rings. The average molecular weight is 353 g/mol. The van der Waals surface area contributed by atoms with E-state index in [1.54, 1.807) is 6.92 Å². The number of carboxylic acid groups (broad SMARTS) is 1. The van der Waals surface area contributed by atoms with Crippen LogP contribution in [0.25, 0.3) is 0 Å². The van der Waals surface area contributed by atoms with Crippen LogP contribution >= 0.6 is 0 Å². The summed E-state index contributed by atoms with van der Waals surface area (Å²) in [5.74, 6) is -1.97. The first-order valence-corrected chi connectivity index (χ1v) is 9.87. The molecule has 2 rings (SSSR count). The van der Waals surface area contributed by atoms with Gasteiger partial charge in [0, 0.05) is 11.6 Å². The molecule has 0 spiro atoms. The van der Waals surface area contributed by atoms with Gasteiger partial charge in [0.25, 0.3) is 5.91 Å². The predicted molar refractivity (Wildman–Crippen MR) is 89.6 cm³/mol. The molecule has 0 heterocycles. The van der Waals surface area contributed by atoms with Crippen LogP contribution in [0.4, 0.5) is 0 Å². The molecule has 1 aromatic rings. The first-order valence-electron chi connectivity index (χ1n) is 8.21.